The van der Waals surface area contributed by atoms with E-state index in [1.54, 1.807) is 6.07 Å². The number of aromatic nitrogens is 2. The molecule has 0 spiro atoms. The Kier molecular flexibility index (Phi) is 4.30. The van der Waals surface area contributed by atoms with E-state index < -0.39 is 0 Å². The zero-order chi connectivity index (χ0) is 14.9. The molecule has 1 heterocycles. The third-order valence-corrected chi connectivity index (χ3v) is 3.80. The number of nitrogens with one attached hydrogen (secondary N) is 2. The number of imidazole rings is 1. The fourth-order valence-electron chi connectivity index (χ4n) is 1.71. The van der Waals surface area contributed by atoms with E-state index in [9.17, 15) is 4.79 Å². The molecule has 1 aromatic heterocycles. The summed E-state index contributed by atoms with van der Waals surface area (Å²) in [6.07, 6.45) is 0. The highest BCUT2D eigenvalue weighted by Gasteiger charge is 2.21. The minimum absolute atomic E-state index is 0.000915. The summed E-state index contributed by atoms with van der Waals surface area (Å²) in [5.41, 5.74) is 1.50. The molecule has 6 heteroatoms. The van der Waals surface area contributed by atoms with Gasteiger partial charge in [-0.05, 0) is 45.9 Å². The maximum atomic E-state index is 12.0. The van der Waals surface area contributed by atoms with Crippen LogP contribution in [-0.2, 0) is 4.79 Å². The predicted octanol–water partition coefficient (Wildman–Crippen LogP) is 3.61. The van der Waals surface area contributed by atoms with E-state index >= 15 is 0 Å². The molecule has 2 aromatic rings. The van der Waals surface area contributed by atoms with Crippen molar-refractivity contribution in [3.05, 3.63) is 23.2 Å². The van der Waals surface area contributed by atoms with Crippen molar-refractivity contribution in [1.82, 2.24) is 15.3 Å². The summed E-state index contributed by atoms with van der Waals surface area (Å²) in [5, 5.41) is 4.13. The lowest BCUT2D eigenvalue weighted by atomic mass is 10.1. The third kappa shape index (κ3) is 3.90. The molecule has 0 radical (unpaired) electrons. The number of thioether (sulfide) groups is 1. The molecule has 0 saturated carbocycles. The quantitative estimate of drug-likeness (QED) is 0.851. The number of amides is 1. The van der Waals surface area contributed by atoms with Crippen LogP contribution in [0.25, 0.3) is 11.0 Å². The molecule has 0 saturated heterocycles. The number of hydrogen-bond donors (Lipinski definition) is 2. The van der Waals surface area contributed by atoms with Crippen molar-refractivity contribution in [3.8, 4) is 0 Å². The first kappa shape index (κ1) is 15.2. The minimum atomic E-state index is -0.229. The zero-order valence-corrected chi connectivity index (χ0v) is 13.5. The molecule has 0 aliphatic rings. The van der Waals surface area contributed by atoms with Gasteiger partial charge in [0.2, 0.25) is 5.91 Å². The van der Waals surface area contributed by atoms with Gasteiger partial charge >= 0.3 is 0 Å². The maximum absolute atomic E-state index is 12.0. The van der Waals surface area contributed by atoms with Crippen LogP contribution in [0, 0.1) is 0 Å². The second-order valence-corrected chi connectivity index (χ2v) is 7.47. The number of hydrogen-bond acceptors (Lipinski definition) is 3. The molecule has 1 aromatic carbocycles. The number of aromatic amines is 1. The second-order valence-electron chi connectivity index (χ2n) is 5.70. The Morgan fingerprint density at radius 3 is 2.80 bits per heavy atom. The van der Waals surface area contributed by atoms with E-state index in [2.05, 4.69) is 15.3 Å². The van der Waals surface area contributed by atoms with Gasteiger partial charge in [-0.3, -0.25) is 4.79 Å². The Balaban J connectivity index is 2.09. The molecule has 4 nitrogen and oxygen atoms in total. The van der Waals surface area contributed by atoms with Crippen molar-refractivity contribution in [3.63, 3.8) is 0 Å². The van der Waals surface area contributed by atoms with Crippen molar-refractivity contribution < 1.29 is 4.79 Å². The van der Waals surface area contributed by atoms with Gasteiger partial charge in [0.1, 0.15) is 0 Å². The summed E-state index contributed by atoms with van der Waals surface area (Å²) in [5.74, 6) is 0.000915. The van der Waals surface area contributed by atoms with Gasteiger partial charge < -0.3 is 10.3 Å². The Labute approximate surface area is 127 Å². The Morgan fingerprint density at radius 2 is 2.15 bits per heavy atom. The fraction of sp³-hybridized carbons (Fsp3) is 0.429. The van der Waals surface area contributed by atoms with E-state index in [0.29, 0.717) is 5.02 Å². The standard InChI is InChI=1S/C14H18ClN3OS/c1-8(12(19)18-14(2,3)4)20-13-16-10-6-5-9(15)7-11(10)17-13/h5-8H,1-4H3,(H,16,17)(H,18,19)/t8-/m0/s1. The molecular weight excluding hydrogens is 294 g/mol. The van der Waals surface area contributed by atoms with Crippen molar-refractivity contribution in [2.24, 2.45) is 0 Å². The highest BCUT2D eigenvalue weighted by molar-refractivity contribution is 8.00. The summed E-state index contributed by atoms with van der Waals surface area (Å²) < 4.78 is 0. The molecule has 0 bridgehead atoms. The molecule has 0 aliphatic carbocycles. The van der Waals surface area contributed by atoms with Gasteiger partial charge in [0.15, 0.2) is 5.16 Å². The molecule has 0 aliphatic heterocycles. The molecule has 1 amide bonds. The average Bonchev–Trinajstić information content (AvgIpc) is 2.67. The van der Waals surface area contributed by atoms with E-state index in [4.69, 9.17) is 11.6 Å². The fourth-order valence-corrected chi connectivity index (χ4v) is 2.70. The molecule has 0 fully saturated rings. The Bertz CT molecular complexity index is 633. The summed E-state index contributed by atoms with van der Waals surface area (Å²) in [7, 11) is 0. The number of carbonyl (C=O) groups excluding carboxylic acids is 1. The Hall–Kier alpha value is -1.20. The van der Waals surface area contributed by atoms with Crippen LogP contribution in [0.4, 0.5) is 0 Å². The SMILES string of the molecule is C[C@H](Sc1nc2ccc(Cl)cc2[nH]1)C(=O)NC(C)(C)C. The lowest BCUT2D eigenvalue weighted by Gasteiger charge is -2.22. The molecule has 20 heavy (non-hydrogen) atoms. The molecule has 108 valence electrons. The van der Waals surface area contributed by atoms with Crippen LogP contribution in [0.1, 0.15) is 27.7 Å². The van der Waals surface area contributed by atoms with E-state index in [-0.39, 0.29) is 16.7 Å². The maximum Gasteiger partial charge on any atom is 0.233 e. The smallest absolute Gasteiger partial charge is 0.233 e. The first-order valence-corrected chi connectivity index (χ1v) is 7.64. The van der Waals surface area contributed by atoms with Crippen LogP contribution in [0.5, 0.6) is 0 Å². The van der Waals surface area contributed by atoms with Crippen molar-refractivity contribution >= 4 is 40.3 Å². The number of fused-ring (bicyclic) bond motifs is 1. The predicted molar refractivity (Wildman–Crippen MR) is 84.3 cm³/mol. The van der Waals surface area contributed by atoms with Crippen LogP contribution in [0.2, 0.25) is 5.02 Å². The van der Waals surface area contributed by atoms with Gasteiger partial charge in [0, 0.05) is 10.6 Å². The van der Waals surface area contributed by atoms with Gasteiger partial charge in [-0.25, -0.2) is 4.98 Å². The van der Waals surface area contributed by atoms with Crippen LogP contribution in [0.15, 0.2) is 23.4 Å². The number of rotatable bonds is 3. The van der Waals surface area contributed by atoms with E-state index in [1.807, 2.05) is 39.8 Å². The van der Waals surface area contributed by atoms with Gasteiger partial charge in [0.05, 0.1) is 16.3 Å². The van der Waals surface area contributed by atoms with Crippen molar-refractivity contribution in [1.29, 1.82) is 0 Å². The van der Waals surface area contributed by atoms with Crippen LogP contribution >= 0.6 is 23.4 Å². The van der Waals surface area contributed by atoms with E-state index in [1.165, 1.54) is 11.8 Å². The normalized spacial score (nSPS) is 13.4. The van der Waals surface area contributed by atoms with Crippen LogP contribution < -0.4 is 5.32 Å². The van der Waals surface area contributed by atoms with Crippen molar-refractivity contribution in [2.45, 2.75) is 43.6 Å². The first-order chi connectivity index (χ1) is 9.24. The van der Waals surface area contributed by atoms with Crippen LogP contribution in [-0.4, -0.2) is 26.7 Å². The zero-order valence-electron chi connectivity index (χ0n) is 12.0. The summed E-state index contributed by atoms with van der Waals surface area (Å²) >= 11 is 7.34. The second kappa shape index (κ2) is 5.66. The lowest BCUT2D eigenvalue weighted by molar-refractivity contribution is -0.121. The number of halogens is 1. The van der Waals surface area contributed by atoms with Crippen molar-refractivity contribution in [2.75, 3.05) is 0 Å². The number of H-pyrrole nitrogens is 1. The van der Waals surface area contributed by atoms with Gasteiger partial charge in [0.25, 0.3) is 0 Å². The summed E-state index contributed by atoms with van der Waals surface area (Å²) in [4.78, 5) is 19.7. The van der Waals surface area contributed by atoms with Gasteiger partial charge in [-0.2, -0.15) is 0 Å². The average molecular weight is 312 g/mol. The van der Waals surface area contributed by atoms with Gasteiger partial charge in [-0.1, -0.05) is 23.4 Å². The molecule has 2 N–H and O–H groups in total. The minimum Gasteiger partial charge on any atom is -0.351 e. The van der Waals surface area contributed by atoms with Crippen LogP contribution in [0.3, 0.4) is 0 Å². The largest absolute Gasteiger partial charge is 0.351 e. The lowest BCUT2D eigenvalue weighted by Crippen LogP contribution is -2.44. The monoisotopic (exact) mass is 311 g/mol. The topological polar surface area (TPSA) is 57.8 Å². The highest BCUT2D eigenvalue weighted by Crippen LogP contribution is 2.25. The highest BCUT2D eigenvalue weighted by atomic mass is 35.5. The molecular formula is C14H18ClN3OS. The first-order valence-electron chi connectivity index (χ1n) is 6.38. The van der Waals surface area contributed by atoms with Gasteiger partial charge in [-0.15, -0.1) is 0 Å². The summed E-state index contributed by atoms with van der Waals surface area (Å²) in [6.45, 7) is 7.76. The third-order valence-electron chi connectivity index (χ3n) is 2.58. The van der Waals surface area contributed by atoms with E-state index in [0.717, 1.165) is 16.2 Å². The molecule has 0 unspecified atom stereocenters. The number of benzene rings is 1. The Morgan fingerprint density at radius 1 is 1.45 bits per heavy atom. The summed E-state index contributed by atoms with van der Waals surface area (Å²) in [6, 6.07) is 5.49. The molecule has 2 rings (SSSR count). The number of carbonyl (C=O) groups is 1. The molecule has 1 atom stereocenters. The number of nitrogens with zero attached hydrogens (tertiary/aromatic N) is 1.